The molecule has 1 amide bonds. The highest BCUT2D eigenvalue weighted by molar-refractivity contribution is 5.83. The van der Waals surface area contributed by atoms with Crippen LogP contribution in [-0.4, -0.2) is 67.2 Å². The van der Waals surface area contributed by atoms with Crippen LogP contribution in [0.2, 0.25) is 0 Å². The number of amides is 1. The first-order chi connectivity index (χ1) is 16.1. The van der Waals surface area contributed by atoms with Crippen LogP contribution in [0.1, 0.15) is 32.2 Å². The van der Waals surface area contributed by atoms with Gasteiger partial charge in [0, 0.05) is 49.5 Å². The normalized spacial score (nSPS) is 14.9. The fourth-order valence-corrected chi connectivity index (χ4v) is 4.24. The Balaban J connectivity index is 1.38. The number of carbonyl (C=O) groups is 1. The van der Waals surface area contributed by atoms with Crippen LogP contribution in [0.3, 0.4) is 0 Å². The highest BCUT2D eigenvalue weighted by Gasteiger charge is 2.26. The van der Waals surface area contributed by atoms with Crippen molar-refractivity contribution < 1.29 is 13.9 Å². The zero-order valence-corrected chi connectivity index (χ0v) is 20.0. The lowest BCUT2D eigenvalue weighted by molar-refractivity contribution is 0.0240. The first-order valence-electron chi connectivity index (χ1n) is 11.3. The lowest BCUT2D eigenvalue weighted by atomic mass is 10.2. The van der Waals surface area contributed by atoms with Gasteiger partial charge in [0.15, 0.2) is 11.6 Å². The van der Waals surface area contributed by atoms with Crippen LogP contribution >= 0.6 is 0 Å². The standard InChI is InChI=1S/C24H28FN7O2/c1-15-13-31-20(16(2)26-15)12-21(27-31)32-14-17-10-18(11-19(25)22(17)28-32)29-6-8-30(9-7-29)23(33)34-24(3,4)5/h10-14H,6-9H2,1-5H3. The minimum absolute atomic E-state index is 0.291. The van der Waals surface area contributed by atoms with E-state index >= 15 is 4.39 Å². The summed E-state index contributed by atoms with van der Waals surface area (Å²) >= 11 is 0. The van der Waals surface area contributed by atoms with Crippen LogP contribution < -0.4 is 4.90 Å². The van der Waals surface area contributed by atoms with Gasteiger partial charge in [-0.1, -0.05) is 0 Å². The summed E-state index contributed by atoms with van der Waals surface area (Å²) < 4.78 is 23.8. The molecule has 1 fully saturated rings. The number of aromatic nitrogens is 5. The number of hydrogen-bond acceptors (Lipinski definition) is 6. The maximum atomic E-state index is 15.0. The molecule has 0 unspecified atom stereocenters. The number of halogens is 1. The largest absolute Gasteiger partial charge is 0.444 e. The summed E-state index contributed by atoms with van der Waals surface area (Å²) in [5.74, 6) is 0.205. The van der Waals surface area contributed by atoms with Crippen molar-refractivity contribution in [3.05, 3.63) is 47.8 Å². The molecule has 178 valence electrons. The number of hydrogen-bond donors (Lipinski definition) is 0. The Morgan fingerprint density at radius 1 is 1.03 bits per heavy atom. The van der Waals surface area contributed by atoms with E-state index in [9.17, 15) is 4.79 Å². The summed E-state index contributed by atoms with van der Waals surface area (Å²) in [4.78, 5) is 20.6. The van der Waals surface area contributed by atoms with Crippen molar-refractivity contribution >= 4 is 28.2 Å². The van der Waals surface area contributed by atoms with E-state index in [1.54, 1.807) is 20.3 Å². The molecule has 0 N–H and O–H groups in total. The number of nitrogens with zero attached hydrogens (tertiary/aromatic N) is 7. The van der Waals surface area contributed by atoms with Crippen LogP contribution in [0, 0.1) is 19.7 Å². The Labute approximate surface area is 196 Å². The van der Waals surface area contributed by atoms with E-state index in [0.717, 1.165) is 22.6 Å². The molecule has 1 aliphatic heterocycles. The maximum Gasteiger partial charge on any atom is 0.410 e. The second kappa shape index (κ2) is 7.96. The molecule has 1 aliphatic rings. The lowest BCUT2D eigenvalue weighted by Gasteiger charge is -2.36. The van der Waals surface area contributed by atoms with Crippen LogP contribution in [0.15, 0.2) is 30.6 Å². The van der Waals surface area contributed by atoms with Crippen molar-refractivity contribution in [2.24, 2.45) is 0 Å². The molecule has 1 saturated heterocycles. The number of piperazine rings is 1. The monoisotopic (exact) mass is 465 g/mol. The summed E-state index contributed by atoms with van der Waals surface area (Å²) in [5.41, 5.74) is 3.14. The molecule has 10 heteroatoms. The summed E-state index contributed by atoms with van der Waals surface area (Å²) in [6.07, 6.45) is 3.32. The number of ether oxygens (including phenoxy) is 1. The zero-order chi connectivity index (χ0) is 24.2. The Morgan fingerprint density at radius 3 is 2.47 bits per heavy atom. The Hall–Kier alpha value is -3.69. The van der Waals surface area contributed by atoms with Gasteiger partial charge in [-0.2, -0.15) is 5.10 Å². The van der Waals surface area contributed by atoms with Gasteiger partial charge in [-0.15, -0.1) is 5.10 Å². The van der Waals surface area contributed by atoms with Gasteiger partial charge >= 0.3 is 6.09 Å². The second-order valence-electron chi connectivity index (χ2n) is 9.69. The van der Waals surface area contributed by atoms with Crippen LogP contribution in [0.4, 0.5) is 14.9 Å². The van der Waals surface area contributed by atoms with Gasteiger partial charge in [-0.25, -0.2) is 18.4 Å². The first kappa shape index (κ1) is 22.1. The third-order valence-electron chi connectivity index (χ3n) is 5.82. The zero-order valence-electron chi connectivity index (χ0n) is 20.0. The molecule has 9 nitrogen and oxygen atoms in total. The SMILES string of the molecule is Cc1cn2nc(-n3cc4cc(N5CCN(C(=O)OC(C)(C)C)CC5)cc(F)c4n3)cc2c(C)n1. The quantitative estimate of drug-likeness (QED) is 0.447. The third kappa shape index (κ3) is 4.15. The third-order valence-corrected chi connectivity index (χ3v) is 5.82. The average molecular weight is 466 g/mol. The van der Waals surface area contributed by atoms with Crippen molar-refractivity contribution in [1.82, 2.24) is 29.3 Å². The lowest BCUT2D eigenvalue weighted by Crippen LogP contribution is -2.50. The van der Waals surface area contributed by atoms with Gasteiger partial charge in [0.25, 0.3) is 0 Å². The molecule has 4 aromatic rings. The molecule has 0 bridgehead atoms. The summed E-state index contributed by atoms with van der Waals surface area (Å²) in [7, 11) is 0. The van der Waals surface area contributed by atoms with Gasteiger partial charge in [-0.3, -0.25) is 4.98 Å². The average Bonchev–Trinajstić information content (AvgIpc) is 3.37. The highest BCUT2D eigenvalue weighted by Crippen LogP contribution is 2.27. The Bertz CT molecular complexity index is 1390. The Kier molecular flexibility index (Phi) is 5.18. The minimum Gasteiger partial charge on any atom is -0.444 e. The molecule has 4 heterocycles. The fourth-order valence-electron chi connectivity index (χ4n) is 4.24. The molecule has 34 heavy (non-hydrogen) atoms. The summed E-state index contributed by atoms with van der Waals surface area (Å²) in [6, 6.07) is 5.32. The number of carbonyl (C=O) groups excluding carboxylic acids is 1. The smallest absolute Gasteiger partial charge is 0.410 e. The summed E-state index contributed by atoms with van der Waals surface area (Å²) in [6.45, 7) is 11.6. The first-order valence-corrected chi connectivity index (χ1v) is 11.3. The van der Waals surface area contributed by atoms with Crippen LogP contribution in [0.25, 0.3) is 22.2 Å². The molecule has 0 spiro atoms. The molecule has 5 rings (SSSR count). The number of aryl methyl sites for hydroxylation is 2. The molecule has 3 aromatic heterocycles. The maximum absolute atomic E-state index is 15.0. The van der Waals surface area contributed by atoms with Crippen molar-refractivity contribution in [1.29, 1.82) is 0 Å². The summed E-state index contributed by atoms with van der Waals surface area (Å²) in [5, 5.41) is 9.72. The highest BCUT2D eigenvalue weighted by atomic mass is 19.1. The second-order valence-corrected chi connectivity index (χ2v) is 9.69. The van der Waals surface area contributed by atoms with Crippen molar-refractivity contribution in [2.45, 2.75) is 40.2 Å². The number of anilines is 1. The Morgan fingerprint density at radius 2 is 1.76 bits per heavy atom. The van der Waals surface area contributed by atoms with Crippen LogP contribution in [-0.2, 0) is 4.74 Å². The van der Waals surface area contributed by atoms with Gasteiger partial charge in [0.1, 0.15) is 11.1 Å². The number of rotatable bonds is 2. The van der Waals surface area contributed by atoms with Crippen molar-refractivity contribution in [3.63, 3.8) is 0 Å². The molecular formula is C24H28FN7O2. The predicted molar refractivity (Wildman–Crippen MR) is 127 cm³/mol. The van der Waals surface area contributed by atoms with E-state index in [2.05, 4.69) is 20.1 Å². The topological polar surface area (TPSA) is 80.8 Å². The van der Waals surface area contributed by atoms with Gasteiger partial charge in [0.05, 0.1) is 23.1 Å². The van der Waals surface area contributed by atoms with E-state index in [-0.39, 0.29) is 6.09 Å². The van der Waals surface area contributed by atoms with Gasteiger partial charge in [0.2, 0.25) is 0 Å². The predicted octanol–water partition coefficient (Wildman–Crippen LogP) is 3.88. The molecule has 1 aromatic carbocycles. The van der Waals surface area contributed by atoms with E-state index < -0.39 is 11.4 Å². The van der Waals surface area contributed by atoms with E-state index in [0.29, 0.717) is 42.9 Å². The minimum atomic E-state index is -0.530. The van der Waals surface area contributed by atoms with Crippen molar-refractivity contribution in [2.75, 3.05) is 31.1 Å². The van der Waals surface area contributed by atoms with E-state index in [1.165, 1.54) is 6.07 Å². The number of benzene rings is 1. The molecule has 0 aliphatic carbocycles. The molecule has 0 atom stereocenters. The molecular weight excluding hydrogens is 437 g/mol. The van der Waals surface area contributed by atoms with Crippen LogP contribution in [0.5, 0.6) is 0 Å². The fraction of sp³-hybridized carbons (Fsp3) is 0.417. The molecule has 0 radical (unpaired) electrons. The van der Waals surface area contributed by atoms with Gasteiger partial charge < -0.3 is 14.5 Å². The van der Waals surface area contributed by atoms with E-state index in [4.69, 9.17) is 4.74 Å². The van der Waals surface area contributed by atoms with Gasteiger partial charge in [-0.05, 0) is 46.8 Å². The van der Waals surface area contributed by atoms with E-state index in [1.807, 2.05) is 52.9 Å². The number of fused-ring (bicyclic) bond motifs is 2. The molecule has 0 saturated carbocycles. The van der Waals surface area contributed by atoms with Crippen molar-refractivity contribution in [3.8, 4) is 5.82 Å².